The Morgan fingerprint density at radius 1 is 1.04 bits per heavy atom. The van der Waals surface area contributed by atoms with Crippen LogP contribution in [0, 0.1) is 0 Å². The van der Waals surface area contributed by atoms with Gasteiger partial charge in [0, 0.05) is 12.2 Å². The molecule has 150 valence electrons. The van der Waals surface area contributed by atoms with Gasteiger partial charge in [-0.25, -0.2) is 0 Å². The number of benzene rings is 2. The van der Waals surface area contributed by atoms with E-state index in [9.17, 15) is 4.79 Å². The molecule has 0 bridgehead atoms. The highest BCUT2D eigenvalue weighted by Gasteiger charge is 2.10. The van der Waals surface area contributed by atoms with Gasteiger partial charge < -0.3 is 10.1 Å². The number of hydrogen-bond donors (Lipinski definition) is 1. The molecule has 28 heavy (non-hydrogen) atoms. The molecule has 1 aliphatic heterocycles. The van der Waals surface area contributed by atoms with Gasteiger partial charge in [0.1, 0.15) is 5.75 Å². The number of carbonyl (C=O) groups excluding carboxylic acids is 1. The van der Waals surface area contributed by atoms with E-state index >= 15 is 0 Å². The van der Waals surface area contributed by atoms with E-state index in [2.05, 4.69) is 48.3 Å². The summed E-state index contributed by atoms with van der Waals surface area (Å²) in [7, 11) is 0. The van der Waals surface area contributed by atoms with Crippen molar-refractivity contribution in [1.29, 1.82) is 0 Å². The van der Waals surface area contributed by atoms with E-state index in [0.717, 1.165) is 24.4 Å². The summed E-state index contributed by atoms with van der Waals surface area (Å²) in [6.45, 7) is 7.77. The van der Waals surface area contributed by atoms with Crippen LogP contribution in [0.1, 0.15) is 56.6 Å². The summed E-state index contributed by atoms with van der Waals surface area (Å²) in [5.74, 6) is 1.11. The minimum Gasteiger partial charge on any atom is -0.484 e. The zero-order valence-corrected chi connectivity index (χ0v) is 17.1. The number of amides is 1. The van der Waals surface area contributed by atoms with Gasteiger partial charge >= 0.3 is 0 Å². The van der Waals surface area contributed by atoms with Gasteiger partial charge in [-0.2, -0.15) is 0 Å². The van der Waals surface area contributed by atoms with Gasteiger partial charge in [-0.15, -0.1) is 0 Å². The molecule has 1 saturated heterocycles. The molecule has 2 aromatic rings. The Hall–Kier alpha value is -2.33. The molecular weight excluding hydrogens is 348 g/mol. The van der Waals surface area contributed by atoms with Crippen LogP contribution >= 0.6 is 0 Å². The summed E-state index contributed by atoms with van der Waals surface area (Å²) < 4.78 is 5.61. The molecule has 3 rings (SSSR count). The fourth-order valence-corrected chi connectivity index (χ4v) is 3.54. The Morgan fingerprint density at radius 2 is 1.71 bits per heavy atom. The van der Waals surface area contributed by atoms with Crippen molar-refractivity contribution in [3.63, 3.8) is 0 Å². The summed E-state index contributed by atoms with van der Waals surface area (Å²) in [4.78, 5) is 14.7. The minimum absolute atomic E-state index is 0.0121. The highest BCUT2D eigenvalue weighted by atomic mass is 16.5. The molecule has 2 aromatic carbocycles. The van der Waals surface area contributed by atoms with E-state index < -0.39 is 0 Å². The molecule has 1 N–H and O–H groups in total. The number of piperidine rings is 1. The first-order chi connectivity index (χ1) is 13.6. The molecule has 0 aromatic heterocycles. The fraction of sp³-hybridized carbons (Fsp3) is 0.458. The van der Waals surface area contributed by atoms with E-state index in [1.54, 1.807) is 0 Å². The predicted octanol–water partition coefficient (Wildman–Crippen LogP) is 5.20. The zero-order chi connectivity index (χ0) is 19.8. The number of carbonyl (C=O) groups is 1. The summed E-state index contributed by atoms with van der Waals surface area (Å²) in [6.07, 6.45) is 5.06. The Bertz CT molecular complexity index is 734. The van der Waals surface area contributed by atoms with E-state index in [0.29, 0.717) is 5.92 Å². The summed E-state index contributed by atoms with van der Waals surface area (Å²) in [6, 6.07) is 16.1. The zero-order valence-electron chi connectivity index (χ0n) is 17.1. The van der Waals surface area contributed by atoms with Crippen LogP contribution in [0.2, 0.25) is 0 Å². The molecule has 0 spiro atoms. The number of hydrogen-bond acceptors (Lipinski definition) is 3. The molecule has 0 radical (unpaired) electrons. The average Bonchev–Trinajstić information content (AvgIpc) is 2.74. The summed E-state index contributed by atoms with van der Waals surface area (Å²) in [5.41, 5.74) is 3.39. The highest BCUT2D eigenvalue weighted by Crippen LogP contribution is 2.21. The van der Waals surface area contributed by atoms with E-state index in [1.807, 2.05) is 24.3 Å². The van der Waals surface area contributed by atoms with Crippen LogP contribution in [0.3, 0.4) is 0 Å². The lowest BCUT2D eigenvalue weighted by Crippen LogP contribution is -2.29. The first-order valence-electron chi connectivity index (χ1n) is 10.5. The number of likely N-dealkylation sites (tertiary alicyclic amines) is 1. The predicted molar refractivity (Wildman–Crippen MR) is 115 cm³/mol. The maximum absolute atomic E-state index is 12.2. The Balaban J connectivity index is 1.44. The summed E-state index contributed by atoms with van der Waals surface area (Å²) >= 11 is 0. The van der Waals surface area contributed by atoms with E-state index in [1.165, 1.54) is 43.5 Å². The third-order valence-electron chi connectivity index (χ3n) is 5.52. The second-order valence-electron chi connectivity index (χ2n) is 7.75. The lowest BCUT2D eigenvalue weighted by Gasteiger charge is -2.26. The third kappa shape index (κ3) is 6.10. The summed E-state index contributed by atoms with van der Waals surface area (Å²) in [5, 5.41) is 2.90. The number of rotatable bonds is 8. The van der Waals surface area contributed by atoms with Crippen LogP contribution in [-0.4, -0.2) is 30.5 Å². The Morgan fingerprint density at radius 3 is 2.36 bits per heavy atom. The molecule has 0 aliphatic carbocycles. The minimum atomic E-state index is -0.144. The number of anilines is 1. The maximum atomic E-state index is 12.2. The van der Waals surface area contributed by atoms with Crippen LogP contribution in [0.4, 0.5) is 5.69 Å². The van der Waals surface area contributed by atoms with Gasteiger partial charge in [-0.05, 0) is 73.7 Å². The molecule has 1 heterocycles. The van der Waals surface area contributed by atoms with Crippen LogP contribution in [0.15, 0.2) is 48.5 Å². The average molecular weight is 381 g/mol. The Labute approximate surface area is 168 Å². The molecule has 1 amide bonds. The van der Waals surface area contributed by atoms with Gasteiger partial charge in [0.05, 0.1) is 0 Å². The van der Waals surface area contributed by atoms with Crippen LogP contribution in [-0.2, 0) is 11.3 Å². The normalized spacial score (nSPS) is 15.8. The van der Waals surface area contributed by atoms with Gasteiger partial charge in [-0.3, -0.25) is 9.69 Å². The molecule has 4 nitrogen and oxygen atoms in total. The van der Waals surface area contributed by atoms with Crippen molar-refractivity contribution < 1.29 is 9.53 Å². The van der Waals surface area contributed by atoms with Crippen molar-refractivity contribution in [2.75, 3.05) is 25.0 Å². The highest BCUT2D eigenvalue weighted by molar-refractivity contribution is 5.91. The van der Waals surface area contributed by atoms with Crippen molar-refractivity contribution in [3.8, 4) is 5.75 Å². The second kappa shape index (κ2) is 10.3. The van der Waals surface area contributed by atoms with Crippen molar-refractivity contribution in [2.24, 2.45) is 0 Å². The monoisotopic (exact) mass is 380 g/mol. The SMILES string of the molecule is CCC(C)c1ccc(OCC(=O)Nc2ccc(CN3CCCCC3)cc2)cc1. The van der Waals surface area contributed by atoms with Crippen molar-refractivity contribution >= 4 is 11.6 Å². The first kappa shape index (κ1) is 20.4. The quantitative estimate of drug-likeness (QED) is 0.684. The van der Waals surface area contributed by atoms with E-state index in [-0.39, 0.29) is 12.5 Å². The molecule has 1 aliphatic rings. The molecule has 1 unspecified atom stereocenters. The lowest BCUT2D eigenvalue weighted by molar-refractivity contribution is -0.118. The smallest absolute Gasteiger partial charge is 0.262 e. The third-order valence-corrected chi connectivity index (χ3v) is 5.52. The van der Waals surface area contributed by atoms with Crippen LogP contribution < -0.4 is 10.1 Å². The standard InChI is InChI=1S/C24H32N2O2/c1-3-19(2)21-9-13-23(14-10-21)28-18-24(27)25-22-11-7-20(8-12-22)17-26-15-5-4-6-16-26/h7-14,19H,3-6,15-18H2,1-2H3,(H,25,27). The molecule has 4 heteroatoms. The van der Waals surface area contributed by atoms with Gasteiger partial charge in [0.25, 0.3) is 5.91 Å². The fourth-order valence-electron chi connectivity index (χ4n) is 3.54. The van der Waals surface area contributed by atoms with Crippen molar-refractivity contribution in [1.82, 2.24) is 4.90 Å². The van der Waals surface area contributed by atoms with Crippen molar-refractivity contribution in [3.05, 3.63) is 59.7 Å². The molecule has 1 fully saturated rings. The molecular formula is C24H32N2O2. The largest absolute Gasteiger partial charge is 0.484 e. The molecule has 1 atom stereocenters. The Kier molecular flexibility index (Phi) is 7.49. The maximum Gasteiger partial charge on any atom is 0.262 e. The first-order valence-corrected chi connectivity index (χ1v) is 10.5. The van der Waals surface area contributed by atoms with Gasteiger partial charge in [0.2, 0.25) is 0 Å². The van der Waals surface area contributed by atoms with Crippen LogP contribution in [0.5, 0.6) is 5.75 Å². The lowest BCUT2D eigenvalue weighted by atomic mass is 9.99. The number of nitrogens with one attached hydrogen (secondary N) is 1. The van der Waals surface area contributed by atoms with Gasteiger partial charge in [-0.1, -0.05) is 44.5 Å². The topological polar surface area (TPSA) is 41.6 Å². The number of nitrogens with zero attached hydrogens (tertiary/aromatic N) is 1. The molecule has 0 saturated carbocycles. The van der Waals surface area contributed by atoms with Crippen LogP contribution in [0.25, 0.3) is 0 Å². The van der Waals surface area contributed by atoms with E-state index in [4.69, 9.17) is 4.74 Å². The number of ether oxygens (including phenoxy) is 1. The second-order valence-corrected chi connectivity index (χ2v) is 7.75. The van der Waals surface area contributed by atoms with Crippen molar-refractivity contribution in [2.45, 2.75) is 52.0 Å². The van der Waals surface area contributed by atoms with Gasteiger partial charge in [0.15, 0.2) is 6.61 Å².